The third-order valence-electron chi connectivity index (χ3n) is 6.70. The van der Waals surface area contributed by atoms with Crippen molar-refractivity contribution in [2.24, 2.45) is 5.92 Å². The van der Waals surface area contributed by atoms with E-state index in [0.717, 1.165) is 80.0 Å². The summed E-state index contributed by atoms with van der Waals surface area (Å²) in [5, 5.41) is 7.46. The van der Waals surface area contributed by atoms with E-state index in [4.69, 9.17) is 9.26 Å². The van der Waals surface area contributed by atoms with Gasteiger partial charge in [-0.15, -0.1) is 0 Å². The van der Waals surface area contributed by atoms with E-state index in [-0.39, 0.29) is 11.9 Å². The molecule has 2 aromatic heterocycles. The van der Waals surface area contributed by atoms with E-state index in [1.165, 1.54) is 11.3 Å². The van der Waals surface area contributed by atoms with Crippen LogP contribution in [0.1, 0.15) is 59.7 Å². The minimum atomic E-state index is -2.48. The van der Waals surface area contributed by atoms with Gasteiger partial charge in [0.1, 0.15) is 5.76 Å². The molecule has 7 nitrogen and oxygen atoms in total. The maximum Gasteiger partial charge on any atom is 0.273 e. The number of nitrogens with zero attached hydrogens (tertiary/aromatic N) is 3. The second-order valence-electron chi connectivity index (χ2n) is 9.13. The van der Waals surface area contributed by atoms with Crippen LogP contribution in [0.5, 0.6) is 5.19 Å². The SMILES string of the molecule is Cc1noc(C)c1CC(=O)NC1CCC(CCN2CCc3sc(OCC(F)F)nc3C2)CC1. The molecule has 3 heterocycles. The first-order chi connectivity index (χ1) is 15.9. The van der Waals surface area contributed by atoms with Crippen LogP contribution in [0.4, 0.5) is 8.78 Å². The molecule has 2 aromatic rings. The van der Waals surface area contributed by atoms with E-state index < -0.39 is 13.0 Å². The molecule has 0 saturated heterocycles. The summed E-state index contributed by atoms with van der Waals surface area (Å²) in [6.07, 6.45) is 4.15. The van der Waals surface area contributed by atoms with Crippen LogP contribution in [0.15, 0.2) is 4.52 Å². The highest BCUT2D eigenvalue weighted by Gasteiger charge is 2.26. The van der Waals surface area contributed by atoms with Crippen LogP contribution in [-0.4, -0.2) is 53.1 Å². The van der Waals surface area contributed by atoms with Gasteiger partial charge >= 0.3 is 0 Å². The Labute approximate surface area is 196 Å². The van der Waals surface area contributed by atoms with Gasteiger partial charge in [-0.2, -0.15) is 0 Å². The molecule has 1 amide bonds. The van der Waals surface area contributed by atoms with Gasteiger partial charge in [0.2, 0.25) is 5.91 Å². The predicted molar refractivity (Wildman–Crippen MR) is 121 cm³/mol. The number of ether oxygens (including phenoxy) is 1. The molecule has 0 spiro atoms. The van der Waals surface area contributed by atoms with Gasteiger partial charge in [0.05, 0.1) is 17.8 Å². The monoisotopic (exact) mass is 482 g/mol. The number of hydrogen-bond acceptors (Lipinski definition) is 7. The molecular formula is C23H32F2N4O3S. The third kappa shape index (κ3) is 6.50. The number of amides is 1. The first-order valence-electron chi connectivity index (χ1n) is 11.7. The molecule has 1 aliphatic carbocycles. The van der Waals surface area contributed by atoms with Crippen LogP contribution < -0.4 is 10.1 Å². The van der Waals surface area contributed by atoms with Crippen LogP contribution in [0.2, 0.25) is 0 Å². The summed E-state index contributed by atoms with van der Waals surface area (Å²) >= 11 is 1.40. The first kappa shape index (κ1) is 24.1. The molecule has 0 unspecified atom stereocenters. The zero-order valence-electron chi connectivity index (χ0n) is 19.2. The highest BCUT2D eigenvalue weighted by atomic mass is 32.1. The fourth-order valence-corrected chi connectivity index (χ4v) is 5.68. The summed E-state index contributed by atoms with van der Waals surface area (Å²) in [7, 11) is 0. The summed E-state index contributed by atoms with van der Waals surface area (Å²) < 4.78 is 34.9. The number of nitrogens with one attached hydrogen (secondary N) is 1. The van der Waals surface area contributed by atoms with Crippen LogP contribution >= 0.6 is 11.3 Å². The molecule has 1 aliphatic heterocycles. The molecule has 33 heavy (non-hydrogen) atoms. The lowest BCUT2D eigenvalue weighted by atomic mass is 9.84. The number of thiazole rings is 1. The van der Waals surface area contributed by atoms with Crippen LogP contribution in [0.25, 0.3) is 0 Å². The summed E-state index contributed by atoms with van der Waals surface area (Å²) in [6, 6.07) is 0.244. The number of fused-ring (bicyclic) bond motifs is 1. The molecule has 182 valence electrons. The van der Waals surface area contributed by atoms with Crippen molar-refractivity contribution < 1.29 is 22.8 Å². The van der Waals surface area contributed by atoms with Gasteiger partial charge in [-0.3, -0.25) is 9.69 Å². The van der Waals surface area contributed by atoms with Crippen LogP contribution in [0, 0.1) is 19.8 Å². The van der Waals surface area contributed by atoms with Crippen LogP contribution in [-0.2, 0) is 24.2 Å². The standard InChI is InChI=1S/C23H32F2N4O3S/c1-14-18(15(2)32-28-14)11-22(30)26-17-5-3-16(4-6-17)7-9-29-10-8-20-19(12-29)27-23(33-20)31-13-21(24)25/h16-17,21H,3-13H2,1-2H3,(H,26,30). The highest BCUT2D eigenvalue weighted by molar-refractivity contribution is 7.13. The Balaban J connectivity index is 1.16. The highest BCUT2D eigenvalue weighted by Crippen LogP contribution is 2.31. The van der Waals surface area contributed by atoms with Gasteiger partial charge in [-0.05, 0) is 64.8 Å². The first-order valence-corrected chi connectivity index (χ1v) is 12.5. The van der Waals surface area contributed by atoms with Gasteiger partial charge in [-0.1, -0.05) is 16.5 Å². The van der Waals surface area contributed by atoms with E-state index in [2.05, 4.69) is 20.4 Å². The zero-order chi connectivity index (χ0) is 23.4. The van der Waals surface area contributed by atoms with E-state index in [0.29, 0.717) is 23.3 Å². The summed E-state index contributed by atoms with van der Waals surface area (Å²) in [4.78, 5) is 20.4. The number of carbonyl (C=O) groups is 1. The lowest BCUT2D eigenvalue weighted by molar-refractivity contribution is -0.121. The Hall–Kier alpha value is -2.07. The topological polar surface area (TPSA) is 80.5 Å². The third-order valence-corrected chi connectivity index (χ3v) is 7.77. The minimum Gasteiger partial charge on any atom is -0.464 e. The second kappa shape index (κ2) is 10.9. The lowest BCUT2D eigenvalue weighted by Gasteiger charge is -2.32. The second-order valence-corrected chi connectivity index (χ2v) is 10.2. The van der Waals surface area contributed by atoms with E-state index in [9.17, 15) is 13.6 Å². The molecule has 2 aliphatic rings. The van der Waals surface area contributed by atoms with Crippen molar-refractivity contribution in [3.8, 4) is 5.19 Å². The molecule has 0 bridgehead atoms. The fraction of sp³-hybridized carbons (Fsp3) is 0.696. The molecule has 0 aromatic carbocycles. The average Bonchev–Trinajstić information content (AvgIpc) is 3.34. The van der Waals surface area contributed by atoms with Gasteiger partial charge in [0.25, 0.3) is 11.6 Å². The number of halogens is 2. The molecule has 0 atom stereocenters. The maximum absolute atomic E-state index is 12.4. The Kier molecular flexibility index (Phi) is 7.95. The number of carbonyl (C=O) groups excluding carboxylic acids is 1. The Bertz CT molecular complexity index is 921. The van der Waals surface area contributed by atoms with Crippen LogP contribution in [0.3, 0.4) is 0 Å². The van der Waals surface area contributed by atoms with Gasteiger partial charge in [0, 0.05) is 29.6 Å². The Morgan fingerprint density at radius 1 is 1.30 bits per heavy atom. The smallest absolute Gasteiger partial charge is 0.273 e. The largest absolute Gasteiger partial charge is 0.464 e. The number of aryl methyl sites for hydroxylation is 2. The van der Waals surface area contributed by atoms with Crippen molar-refractivity contribution >= 4 is 17.2 Å². The fourth-order valence-electron chi connectivity index (χ4n) is 4.77. The van der Waals surface area contributed by atoms with Gasteiger partial charge in [-0.25, -0.2) is 13.8 Å². The Morgan fingerprint density at radius 3 is 2.79 bits per heavy atom. The molecule has 1 saturated carbocycles. The summed E-state index contributed by atoms with van der Waals surface area (Å²) in [5.41, 5.74) is 2.64. The summed E-state index contributed by atoms with van der Waals surface area (Å²) in [5.74, 6) is 1.42. The number of aromatic nitrogens is 2. The quantitative estimate of drug-likeness (QED) is 0.581. The van der Waals surface area contributed by atoms with E-state index in [1.54, 1.807) is 0 Å². The van der Waals surface area contributed by atoms with Crippen molar-refractivity contribution in [3.63, 3.8) is 0 Å². The molecular weight excluding hydrogens is 450 g/mol. The lowest BCUT2D eigenvalue weighted by Crippen LogP contribution is -2.39. The zero-order valence-corrected chi connectivity index (χ0v) is 20.1. The van der Waals surface area contributed by atoms with Crippen molar-refractivity contribution in [3.05, 3.63) is 27.6 Å². The van der Waals surface area contributed by atoms with Crippen molar-refractivity contribution in [2.75, 3.05) is 19.7 Å². The maximum atomic E-state index is 12.4. The number of hydrogen-bond donors (Lipinski definition) is 1. The molecule has 10 heteroatoms. The normalized spacial score (nSPS) is 21.2. The van der Waals surface area contributed by atoms with Crippen molar-refractivity contribution in [1.29, 1.82) is 0 Å². The van der Waals surface area contributed by atoms with Gasteiger partial charge < -0.3 is 14.6 Å². The molecule has 1 fully saturated rings. The number of rotatable bonds is 9. The van der Waals surface area contributed by atoms with Gasteiger partial charge in [0.15, 0.2) is 6.61 Å². The predicted octanol–water partition coefficient (Wildman–Crippen LogP) is 4.06. The summed E-state index contributed by atoms with van der Waals surface area (Å²) in [6.45, 7) is 5.85. The average molecular weight is 483 g/mol. The van der Waals surface area contributed by atoms with Crippen molar-refractivity contribution in [1.82, 2.24) is 20.4 Å². The van der Waals surface area contributed by atoms with E-state index in [1.807, 2.05) is 13.8 Å². The Morgan fingerprint density at radius 2 is 2.09 bits per heavy atom. The molecule has 4 rings (SSSR count). The van der Waals surface area contributed by atoms with E-state index >= 15 is 0 Å². The van der Waals surface area contributed by atoms with Crippen molar-refractivity contribution in [2.45, 2.75) is 77.8 Å². The molecule has 0 radical (unpaired) electrons. The molecule has 1 N–H and O–H groups in total. The minimum absolute atomic E-state index is 0.0390. The number of alkyl halides is 2.